The number of carbonyl (C=O) groups is 3. The van der Waals surface area contributed by atoms with Crippen molar-refractivity contribution in [1.82, 2.24) is 4.90 Å². The van der Waals surface area contributed by atoms with E-state index in [4.69, 9.17) is 9.84 Å². The molecule has 0 radical (unpaired) electrons. The average molecular weight is 267 g/mol. The Balaban J connectivity index is 2.12. The molecule has 2 fully saturated rings. The SMILES string of the molecule is C=CCOC(=O)N1C2CC(=O)CC1CC(C(=O)O)C2. The number of hydrogen-bond donors (Lipinski definition) is 1. The van der Waals surface area contributed by atoms with Gasteiger partial charge in [0, 0.05) is 24.9 Å². The molecule has 2 aliphatic heterocycles. The van der Waals surface area contributed by atoms with Crippen LogP contribution in [0.15, 0.2) is 12.7 Å². The van der Waals surface area contributed by atoms with Gasteiger partial charge in [0.25, 0.3) is 0 Å². The van der Waals surface area contributed by atoms with Crippen LogP contribution < -0.4 is 0 Å². The van der Waals surface area contributed by atoms with Gasteiger partial charge in [-0.1, -0.05) is 12.7 Å². The maximum Gasteiger partial charge on any atom is 0.410 e. The number of rotatable bonds is 3. The summed E-state index contributed by atoms with van der Waals surface area (Å²) in [6.07, 6.45) is 2.09. The lowest BCUT2D eigenvalue weighted by molar-refractivity contribution is -0.147. The lowest BCUT2D eigenvalue weighted by Crippen LogP contribution is -2.57. The van der Waals surface area contributed by atoms with Gasteiger partial charge in [0.05, 0.1) is 5.92 Å². The minimum Gasteiger partial charge on any atom is -0.481 e. The molecule has 0 spiro atoms. The molecule has 104 valence electrons. The molecule has 0 saturated carbocycles. The Morgan fingerprint density at radius 2 is 1.95 bits per heavy atom. The Morgan fingerprint density at radius 1 is 1.37 bits per heavy atom. The van der Waals surface area contributed by atoms with Crippen molar-refractivity contribution >= 4 is 17.8 Å². The van der Waals surface area contributed by atoms with Gasteiger partial charge in [0.15, 0.2) is 0 Å². The van der Waals surface area contributed by atoms with E-state index in [9.17, 15) is 14.4 Å². The summed E-state index contributed by atoms with van der Waals surface area (Å²) >= 11 is 0. The van der Waals surface area contributed by atoms with Crippen LogP contribution >= 0.6 is 0 Å². The van der Waals surface area contributed by atoms with Gasteiger partial charge in [-0.3, -0.25) is 9.59 Å². The maximum atomic E-state index is 12.0. The maximum absolute atomic E-state index is 12.0. The smallest absolute Gasteiger partial charge is 0.410 e. The van der Waals surface area contributed by atoms with Crippen molar-refractivity contribution in [1.29, 1.82) is 0 Å². The summed E-state index contributed by atoms with van der Waals surface area (Å²) in [5, 5.41) is 9.09. The molecule has 19 heavy (non-hydrogen) atoms. The first-order valence-corrected chi connectivity index (χ1v) is 6.33. The summed E-state index contributed by atoms with van der Waals surface area (Å²) < 4.78 is 5.01. The third kappa shape index (κ3) is 2.77. The average Bonchev–Trinajstić information content (AvgIpc) is 2.33. The van der Waals surface area contributed by atoms with Crippen molar-refractivity contribution in [3.8, 4) is 0 Å². The molecule has 6 nitrogen and oxygen atoms in total. The van der Waals surface area contributed by atoms with Crippen molar-refractivity contribution in [2.75, 3.05) is 6.61 Å². The lowest BCUT2D eigenvalue weighted by atomic mass is 9.78. The summed E-state index contributed by atoms with van der Waals surface area (Å²) in [7, 11) is 0. The van der Waals surface area contributed by atoms with Crippen molar-refractivity contribution in [3.05, 3.63) is 12.7 Å². The van der Waals surface area contributed by atoms with Gasteiger partial charge in [-0.05, 0) is 12.8 Å². The minimum absolute atomic E-state index is 0.0895. The number of ether oxygens (including phenoxy) is 1. The second-order valence-electron chi connectivity index (χ2n) is 5.03. The van der Waals surface area contributed by atoms with Crippen LogP contribution in [0.1, 0.15) is 25.7 Å². The van der Waals surface area contributed by atoms with Gasteiger partial charge in [-0.15, -0.1) is 0 Å². The van der Waals surface area contributed by atoms with E-state index in [0.29, 0.717) is 12.8 Å². The molecule has 2 unspecified atom stereocenters. The van der Waals surface area contributed by atoms with Crippen LogP contribution in [0.25, 0.3) is 0 Å². The topological polar surface area (TPSA) is 83.9 Å². The molecule has 0 aromatic carbocycles. The molecule has 0 aromatic rings. The number of carboxylic acid groups (broad SMARTS) is 1. The molecule has 2 heterocycles. The fourth-order valence-corrected chi connectivity index (χ4v) is 2.96. The van der Waals surface area contributed by atoms with Crippen LogP contribution in [0.4, 0.5) is 4.79 Å². The van der Waals surface area contributed by atoms with E-state index in [1.807, 2.05) is 0 Å². The molecule has 2 rings (SSSR count). The third-order valence-corrected chi connectivity index (χ3v) is 3.71. The van der Waals surface area contributed by atoms with Gasteiger partial charge in [0.2, 0.25) is 0 Å². The standard InChI is InChI=1S/C13H17NO5/c1-2-3-19-13(18)14-9-4-8(12(16)17)5-10(14)7-11(15)6-9/h2,8-10H,1,3-7H2,(H,16,17). The molecule has 1 amide bonds. The summed E-state index contributed by atoms with van der Waals surface area (Å²) in [5.74, 6) is -1.25. The van der Waals surface area contributed by atoms with E-state index >= 15 is 0 Å². The highest BCUT2D eigenvalue weighted by Crippen LogP contribution is 2.36. The van der Waals surface area contributed by atoms with Crippen LogP contribution in [0.5, 0.6) is 0 Å². The van der Waals surface area contributed by atoms with E-state index in [0.717, 1.165) is 0 Å². The zero-order valence-corrected chi connectivity index (χ0v) is 10.6. The van der Waals surface area contributed by atoms with Gasteiger partial charge in [0.1, 0.15) is 12.4 Å². The van der Waals surface area contributed by atoms with Crippen molar-refractivity contribution in [3.63, 3.8) is 0 Å². The Labute approximate surface area is 111 Å². The fourth-order valence-electron chi connectivity index (χ4n) is 2.96. The Morgan fingerprint density at radius 3 is 2.42 bits per heavy atom. The number of nitrogens with zero attached hydrogens (tertiary/aromatic N) is 1. The highest BCUT2D eigenvalue weighted by Gasteiger charge is 2.46. The molecule has 6 heteroatoms. The predicted molar refractivity (Wildman–Crippen MR) is 65.6 cm³/mol. The van der Waals surface area contributed by atoms with E-state index in [2.05, 4.69) is 6.58 Å². The number of hydrogen-bond acceptors (Lipinski definition) is 4. The quantitative estimate of drug-likeness (QED) is 0.777. The van der Waals surface area contributed by atoms with Crippen LogP contribution in [-0.4, -0.2) is 46.5 Å². The Kier molecular flexibility index (Phi) is 3.87. The van der Waals surface area contributed by atoms with E-state index < -0.39 is 18.0 Å². The number of carbonyl (C=O) groups excluding carboxylic acids is 2. The number of fused-ring (bicyclic) bond motifs is 2. The Bertz CT molecular complexity index is 401. The second-order valence-corrected chi connectivity index (χ2v) is 5.03. The summed E-state index contributed by atoms with van der Waals surface area (Å²) in [5.41, 5.74) is 0. The Hall–Kier alpha value is -1.85. The first-order valence-electron chi connectivity index (χ1n) is 6.33. The summed E-state index contributed by atoms with van der Waals surface area (Å²) in [4.78, 5) is 36.2. The molecule has 0 aromatic heterocycles. The number of carboxylic acids is 1. The predicted octanol–water partition coefficient (Wildman–Crippen LogP) is 1.21. The van der Waals surface area contributed by atoms with Gasteiger partial charge < -0.3 is 14.7 Å². The molecular formula is C13H17NO5. The van der Waals surface area contributed by atoms with Crippen molar-refractivity contribution < 1.29 is 24.2 Å². The molecular weight excluding hydrogens is 250 g/mol. The van der Waals surface area contributed by atoms with Gasteiger partial charge in [-0.2, -0.15) is 0 Å². The third-order valence-electron chi connectivity index (χ3n) is 3.71. The molecule has 2 saturated heterocycles. The molecule has 1 N–H and O–H groups in total. The molecule has 2 aliphatic rings. The largest absolute Gasteiger partial charge is 0.481 e. The lowest BCUT2D eigenvalue weighted by Gasteiger charge is -2.46. The first kappa shape index (κ1) is 13.6. The normalized spacial score (nSPS) is 29.8. The molecule has 2 atom stereocenters. The number of piperidine rings is 2. The monoisotopic (exact) mass is 267 g/mol. The number of aliphatic carboxylic acids is 1. The highest BCUT2D eigenvalue weighted by atomic mass is 16.6. The first-order chi connectivity index (χ1) is 9.02. The second kappa shape index (κ2) is 5.42. The van der Waals surface area contributed by atoms with Crippen molar-refractivity contribution in [2.45, 2.75) is 37.8 Å². The van der Waals surface area contributed by atoms with Gasteiger partial charge in [-0.25, -0.2) is 4.79 Å². The molecule has 0 aliphatic carbocycles. The van der Waals surface area contributed by atoms with Crippen LogP contribution in [0, 0.1) is 5.92 Å². The highest BCUT2D eigenvalue weighted by molar-refractivity contribution is 5.84. The minimum atomic E-state index is -0.858. The van der Waals surface area contributed by atoms with Crippen LogP contribution in [-0.2, 0) is 14.3 Å². The van der Waals surface area contributed by atoms with E-state index in [1.54, 1.807) is 4.90 Å². The zero-order chi connectivity index (χ0) is 14.0. The summed E-state index contributed by atoms with van der Waals surface area (Å²) in [6, 6.07) is -0.697. The number of amides is 1. The van der Waals surface area contributed by atoms with Crippen LogP contribution in [0.2, 0.25) is 0 Å². The van der Waals surface area contributed by atoms with E-state index in [1.165, 1.54) is 6.08 Å². The van der Waals surface area contributed by atoms with Gasteiger partial charge >= 0.3 is 12.1 Å². The summed E-state index contributed by atoms with van der Waals surface area (Å²) in [6.45, 7) is 3.59. The number of Topliss-reactive ketones (excluding diaryl/α,β-unsaturated/α-hetero) is 1. The van der Waals surface area contributed by atoms with Crippen LogP contribution in [0.3, 0.4) is 0 Å². The molecule has 2 bridgehead atoms. The zero-order valence-electron chi connectivity index (χ0n) is 10.6. The fraction of sp³-hybridized carbons (Fsp3) is 0.615. The van der Waals surface area contributed by atoms with Crippen molar-refractivity contribution in [2.24, 2.45) is 5.92 Å². The number of ketones is 1. The van der Waals surface area contributed by atoms with E-state index in [-0.39, 0.29) is 37.3 Å².